The molecule has 1 aliphatic heterocycles. The normalized spacial score (nSPS) is 18.3. The number of benzene rings is 1. The SMILES string of the molecule is CNc1cc(NC)c(OCC2CCCN(C)C2)c(NC)c1.Cl. The van der Waals surface area contributed by atoms with Gasteiger partial charge in [0.1, 0.15) is 0 Å². The van der Waals surface area contributed by atoms with E-state index < -0.39 is 0 Å². The highest BCUT2D eigenvalue weighted by molar-refractivity contribution is 5.85. The number of likely N-dealkylation sites (tertiary alicyclic amines) is 1. The standard InChI is InChI=1S/C16H28N4O.ClH/c1-17-13-8-14(18-2)16(15(9-13)19-3)21-11-12-6-5-7-20(4)10-12;/h8-9,12,17-19H,5-7,10-11H2,1-4H3;1H. The van der Waals surface area contributed by atoms with Gasteiger partial charge >= 0.3 is 0 Å². The Morgan fingerprint density at radius 3 is 2.27 bits per heavy atom. The molecule has 6 heteroatoms. The lowest BCUT2D eigenvalue weighted by atomic mass is 9.99. The second-order valence-electron chi connectivity index (χ2n) is 5.73. The summed E-state index contributed by atoms with van der Waals surface area (Å²) in [6.07, 6.45) is 2.52. The van der Waals surface area contributed by atoms with Crippen molar-refractivity contribution in [2.45, 2.75) is 12.8 Å². The Morgan fingerprint density at radius 2 is 1.77 bits per heavy atom. The van der Waals surface area contributed by atoms with Gasteiger partial charge in [-0.2, -0.15) is 0 Å². The zero-order valence-corrected chi connectivity index (χ0v) is 14.8. The number of nitrogens with one attached hydrogen (secondary N) is 3. The fourth-order valence-electron chi connectivity index (χ4n) is 2.91. The molecule has 1 aliphatic rings. The molecule has 0 radical (unpaired) electrons. The Kier molecular flexibility index (Phi) is 7.62. The van der Waals surface area contributed by atoms with Crippen molar-refractivity contribution < 1.29 is 4.74 Å². The summed E-state index contributed by atoms with van der Waals surface area (Å²) in [6.45, 7) is 3.10. The Bertz CT molecular complexity index is 444. The van der Waals surface area contributed by atoms with Crippen LogP contribution in [0.25, 0.3) is 0 Å². The van der Waals surface area contributed by atoms with E-state index in [0.29, 0.717) is 5.92 Å². The van der Waals surface area contributed by atoms with Crippen LogP contribution in [0.1, 0.15) is 12.8 Å². The van der Waals surface area contributed by atoms with E-state index in [-0.39, 0.29) is 12.4 Å². The maximum absolute atomic E-state index is 6.16. The van der Waals surface area contributed by atoms with E-state index in [1.807, 2.05) is 21.1 Å². The summed E-state index contributed by atoms with van der Waals surface area (Å²) in [6, 6.07) is 4.15. The fraction of sp³-hybridized carbons (Fsp3) is 0.625. The predicted molar refractivity (Wildman–Crippen MR) is 98.0 cm³/mol. The van der Waals surface area contributed by atoms with Crippen molar-refractivity contribution in [2.75, 3.05) is 63.8 Å². The molecule has 0 bridgehead atoms. The molecule has 1 unspecified atom stereocenters. The van der Waals surface area contributed by atoms with E-state index in [0.717, 1.165) is 36.0 Å². The van der Waals surface area contributed by atoms with Gasteiger partial charge in [0.2, 0.25) is 0 Å². The summed E-state index contributed by atoms with van der Waals surface area (Å²) < 4.78 is 6.16. The van der Waals surface area contributed by atoms with Gasteiger partial charge in [-0.1, -0.05) is 0 Å². The second kappa shape index (κ2) is 8.96. The summed E-state index contributed by atoms with van der Waals surface area (Å²) >= 11 is 0. The fourth-order valence-corrected chi connectivity index (χ4v) is 2.91. The highest BCUT2D eigenvalue weighted by Crippen LogP contribution is 2.37. The van der Waals surface area contributed by atoms with Crippen LogP contribution in [0.4, 0.5) is 17.1 Å². The van der Waals surface area contributed by atoms with Crippen molar-refractivity contribution >= 4 is 29.5 Å². The topological polar surface area (TPSA) is 48.6 Å². The summed E-state index contributed by atoms with van der Waals surface area (Å²) in [4.78, 5) is 2.39. The first-order valence-corrected chi connectivity index (χ1v) is 7.70. The Labute approximate surface area is 140 Å². The first-order valence-electron chi connectivity index (χ1n) is 7.70. The average molecular weight is 329 g/mol. The molecule has 0 spiro atoms. The minimum absolute atomic E-state index is 0. The van der Waals surface area contributed by atoms with Gasteiger partial charge in [0.05, 0.1) is 18.0 Å². The predicted octanol–water partition coefficient (Wildman–Crippen LogP) is 2.95. The monoisotopic (exact) mass is 328 g/mol. The van der Waals surface area contributed by atoms with Crippen LogP contribution in [0.3, 0.4) is 0 Å². The molecule has 1 heterocycles. The number of halogens is 1. The van der Waals surface area contributed by atoms with E-state index in [4.69, 9.17) is 4.74 Å². The summed E-state index contributed by atoms with van der Waals surface area (Å²) in [7, 11) is 7.96. The summed E-state index contributed by atoms with van der Waals surface area (Å²) in [5.74, 6) is 1.52. The zero-order chi connectivity index (χ0) is 15.2. The van der Waals surface area contributed by atoms with Crippen LogP contribution in [0, 0.1) is 5.92 Å². The van der Waals surface area contributed by atoms with E-state index >= 15 is 0 Å². The van der Waals surface area contributed by atoms with Crippen molar-refractivity contribution in [1.82, 2.24) is 4.90 Å². The highest BCUT2D eigenvalue weighted by atomic mass is 35.5. The molecule has 2 rings (SSSR count). The van der Waals surface area contributed by atoms with Gasteiger partial charge < -0.3 is 25.6 Å². The van der Waals surface area contributed by atoms with Gasteiger partial charge in [0.25, 0.3) is 0 Å². The van der Waals surface area contributed by atoms with Crippen LogP contribution in [-0.4, -0.2) is 52.8 Å². The number of piperidine rings is 1. The van der Waals surface area contributed by atoms with E-state index in [9.17, 15) is 0 Å². The van der Waals surface area contributed by atoms with Crippen LogP contribution in [-0.2, 0) is 0 Å². The molecule has 1 saturated heterocycles. The lowest BCUT2D eigenvalue weighted by Crippen LogP contribution is -2.34. The molecule has 0 saturated carbocycles. The van der Waals surface area contributed by atoms with Crippen molar-refractivity contribution in [3.05, 3.63) is 12.1 Å². The quantitative estimate of drug-likeness (QED) is 0.749. The van der Waals surface area contributed by atoms with E-state index in [1.165, 1.54) is 19.4 Å². The van der Waals surface area contributed by atoms with Crippen LogP contribution >= 0.6 is 12.4 Å². The molecule has 1 fully saturated rings. The van der Waals surface area contributed by atoms with Gasteiger partial charge in [-0.3, -0.25) is 0 Å². The van der Waals surface area contributed by atoms with Crippen LogP contribution in [0.5, 0.6) is 5.75 Å². The number of nitrogens with zero attached hydrogens (tertiary/aromatic N) is 1. The second-order valence-corrected chi connectivity index (χ2v) is 5.73. The molecule has 1 atom stereocenters. The number of ether oxygens (including phenoxy) is 1. The zero-order valence-electron chi connectivity index (χ0n) is 14.0. The van der Waals surface area contributed by atoms with Crippen molar-refractivity contribution in [1.29, 1.82) is 0 Å². The van der Waals surface area contributed by atoms with Crippen molar-refractivity contribution in [3.8, 4) is 5.75 Å². The molecule has 22 heavy (non-hydrogen) atoms. The molecule has 126 valence electrons. The number of anilines is 3. The van der Waals surface area contributed by atoms with Crippen molar-refractivity contribution in [2.24, 2.45) is 5.92 Å². The molecule has 0 aliphatic carbocycles. The van der Waals surface area contributed by atoms with Gasteiger partial charge in [0.15, 0.2) is 5.75 Å². The lowest BCUT2D eigenvalue weighted by Gasteiger charge is -2.30. The molecule has 0 amide bonds. The van der Waals surface area contributed by atoms with Crippen LogP contribution < -0.4 is 20.7 Å². The van der Waals surface area contributed by atoms with Gasteiger partial charge in [-0.05, 0) is 38.6 Å². The minimum atomic E-state index is 0. The first-order chi connectivity index (χ1) is 10.2. The third-order valence-corrected chi connectivity index (χ3v) is 4.10. The summed E-state index contributed by atoms with van der Waals surface area (Å²) in [5.41, 5.74) is 3.08. The molecule has 0 aromatic heterocycles. The van der Waals surface area contributed by atoms with Crippen molar-refractivity contribution in [3.63, 3.8) is 0 Å². The van der Waals surface area contributed by atoms with Gasteiger partial charge in [-0.25, -0.2) is 0 Å². The largest absolute Gasteiger partial charge is 0.489 e. The number of hydrogen-bond acceptors (Lipinski definition) is 5. The molecule has 5 nitrogen and oxygen atoms in total. The van der Waals surface area contributed by atoms with Gasteiger partial charge in [0, 0.05) is 39.3 Å². The Balaban J connectivity index is 0.00000242. The number of hydrogen-bond donors (Lipinski definition) is 3. The summed E-state index contributed by atoms with van der Waals surface area (Å²) in [5, 5.41) is 9.62. The smallest absolute Gasteiger partial charge is 0.165 e. The van der Waals surface area contributed by atoms with E-state index in [2.05, 4.69) is 40.0 Å². The van der Waals surface area contributed by atoms with Crippen LogP contribution in [0.15, 0.2) is 12.1 Å². The first kappa shape index (κ1) is 18.7. The van der Waals surface area contributed by atoms with Crippen LogP contribution in [0.2, 0.25) is 0 Å². The maximum Gasteiger partial charge on any atom is 0.165 e. The molecular weight excluding hydrogens is 300 g/mol. The third kappa shape index (κ3) is 4.58. The van der Waals surface area contributed by atoms with Gasteiger partial charge in [-0.15, -0.1) is 12.4 Å². The maximum atomic E-state index is 6.16. The molecule has 3 N–H and O–H groups in total. The average Bonchev–Trinajstić information content (AvgIpc) is 2.52. The Morgan fingerprint density at radius 1 is 1.14 bits per heavy atom. The molecule has 1 aromatic carbocycles. The lowest BCUT2D eigenvalue weighted by molar-refractivity contribution is 0.151. The number of rotatable bonds is 6. The Hall–Kier alpha value is -1.33. The molecule has 1 aromatic rings. The highest BCUT2D eigenvalue weighted by Gasteiger charge is 2.19. The molecular formula is C16H29ClN4O. The minimum Gasteiger partial charge on any atom is -0.489 e. The third-order valence-electron chi connectivity index (χ3n) is 4.10. The van der Waals surface area contributed by atoms with E-state index in [1.54, 1.807) is 0 Å².